The maximum absolute atomic E-state index is 13.1. The summed E-state index contributed by atoms with van der Waals surface area (Å²) in [5.41, 5.74) is 2.26. The molecule has 0 aliphatic heterocycles. The molecule has 16 heavy (non-hydrogen) atoms. The van der Waals surface area contributed by atoms with Gasteiger partial charge in [0.1, 0.15) is 11.9 Å². The van der Waals surface area contributed by atoms with Crippen LogP contribution in [0.15, 0.2) is 36.5 Å². The van der Waals surface area contributed by atoms with Crippen LogP contribution >= 0.6 is 0 Å². The van der Waals surface area contributed by atoms with Crippen LogP contribution in [-0.4, -0.2) is 9.67 Å². The largest absolute Gasteiger partial charge is 0.382 e. The fraction of sp³-hybridized carbons (Fsp3) is 0.231. The number of halogens is 1. The highest BCUT2D eigenvalue weighted by Crippen LogP contribution is 2.25. The average molecular weight is 219 g/mol. The van der Waals surface area contributed by atoms with Gasteiger partial charge in [-0.3, -0.25) is 0 Å². The molecular weight excluding hydrogens is 205 g/mol. The van der Waals surface area contributed by atoms with Crippen LogP contribution < -0.4 is 0 Å². The lowest BCUT2D eigenvalue weighted by molar-refractivity contribution is 0.210. The number of nitrogens with zero attached hydrogens (tertiary/aromatic N) is 1. The molecule has 0 saturated carbocycles. The summed E-state index contributed by atoms with van der Waals surface area (Å²) in [6.07, 6.45) is 1.07. The number of aryl methyl sites for hydroxylation is 2. The van der Waals surface area contributed by atoms with Gasteiger partial charge in [-0.05, 0) is 42.3 Å². The van der Waals surface area contributed by atoms with E-state index in [-0.39, 0.29) is 5.82 Å². The number of benzene rings is 1. The van der Waals surface area contributed by atoms with E-state index in [1.165, 1.54) is 12.1 Å². The fourth-order valence-corrected chi connectivity index (χ4v) is 1.82. The van der Waals surface area contributed by atoms with Crippen LogP contribution in [0.25, 0.3) is 0 Å². The van der Waals surface area contributed by atoms with Crippen molar-refractivity contribution in [1.82, 2.24) is 4.57 Å². The van der Waals surface area contributed by atoms with Crippen molar-refractivity contribution in [2.75, 3.05) is 0 Å². The van der Waals surface area contributed by atoms with Gasteiger partial charge < -0.3 is 9.67 Å². The van der Waals surface area contributed by atoms with Gasteiger partial charge in [-0.2, -0.15) is 0 Å². The fourth-order valence-electron chi connectivity index (χ4n) is 1.82. The van der Waals surface area contributed by atoms with E-state index in [2.05, 4.69) is 0 Å². The minimum absolute atomic E-state index is 0.325. The van der Waals surface area contributed by atoms with E-state index in [0.29, 0.717) is 5.56 Å². The Morgan fingerprint density at radius 2 is 2.06 bits per heavy atom. The molecule has 0 spiro atoms. The lowest BCUT2D eigenvalue weighted by Gasteiger charge is -2.14. The smallest absolute Gasteiger partial charge is 0.123 e. The van der Waals surface area contributed by atoms with E-state index in [9.17, 15) is 9.50 Å². The van der Waals surface area contributed by atoms with E-state index >= 15 is 0 Å². The molecule has 0 aliphatic rings. The van der Waals surface area contributed by atoms with Crippen molar-refractivity contribution in [2.45, 2.75) is 13.0 Å². The van der Waals surface area contributed by atoms with Gasteiger partial charge in [0.2, 0.25) is 0 Å². The first kappa shape index (κ1) is 10.9. The van der Waals surface area contributed by atoms with Crippen molar-refractivity contribution in [3.05, 3.63) is 59.2 Å². The second-order valence-corrected chi connectivity index (χ2v) is 3.95. The number of aliphatic hydroxyl groups excluding tert-OH is 1. The first-order valence-corrected chi connectivity index (χ1v) is 5.15. The Balaban J connectivity index is 2.45. The molecule has 1 aromatic carbocycles. The number of hydrogen-bond donors (Lipinski definition) is 1. The zero-order chi connectivity index (χ0) is 11.7. The van der Waals surface area contributed by atoms with Crippen molar-refractivity contribution < 1.29 is 9.50 Å². The molecule has 0 aliphatic carbocycles. The minimum atomic E-state index is -0.782. The Hall–Kier alpha value is -1.61. The molecule has 3 heteroatoms. The van der Waals surface area contributed by atoms with Gasteiger partial charge in [0.15, 0.2) is 0 Å². The molecule has 2 aromatic rings. The van der Waals surface area contributed by atoms with Crippen molar-refractivity contribution >= 4 is 0 Å². The Morgan fingerprint density at radius 1 is 1.31 bits per heavy atom. The number of rotatable bonds is 2. The summed E-state index contributed by atoms with van der Waals surface area (Å²) in [7, 11) is 1.85. The predicted molar refractivity (Wildman–Crippen MR) is 60.6 cm³/mol. The Bertz CT molecular complexity index is 504. The molecule has 1 aromatic heterocycles. The van der Waals surface area contributed by atoms with Gasteiger partial charge in [-0.25, -0.2) is 4.39 Å². The van der Waals surface area contributed by atoms with Crippen molar-refractivity contribution in [1.29, 1.82) is 0 Å². The molecule has 2 rings (SSSR count). The first-order chi connectivity index (χ1) is 7.59. The van der Waals surface area contributed by atoms with Crippen LogP contribution in [0.1, 0.15) is 22.9 Å². The highest BCUT2D eigenvalue weighted by molar-refractivity contribution is 5.33. The van der Waals surface area contributed by atoms with Crippen LogP contribution in [-0.2, 0) is 7.05 Å². The van der Waals surface area contributed by atoms with Crippen LogP contribution in [0.2, 0.25) is 0 Å². The molecule has 1 N–H and O–H groups in total. The summed E-state index contributed by atoms with van der Waals surface area (Å²) in [5, 5.41) is 10.2. The van der Waals surface area contributed by atoms with Crippen molar-refractivity contribution in [3.63, 3.8) is 0 Å². The van der Waals surface area contributed by atoms with Gasteiger partial charge in [0.25, 0.3) is 0 Å². The highest BCUT2D eigenvalue weighted by atomic mass is 19.1. The highest BCUT2D eigenvalue weighted by Gasteiger charge is 2.15. The number of hydrogen-bond acceptors (Lipinski definition) is 1. The normalized spacial score (nSPS) is 12.8. The van der Waals surface area contributed by atoms with Crippen molar-refractivity contribution in [3.8, 4) is 0 Å². The standard InChI is InChI=1S/C13H14FNO/c1-9-5-6-10(14)8-11(9)13(16)12-4-3-7-15(12)2/h3-8,13,16H,1-2H3. The summed E-state index contributed by atoms with van der Waals surface area (Å²) in [6.45, 7) is 1.86. The third-order valence-electron chi connectivity index (χ3n) is 2.80. The summed E-state index contributed by atoms with van der Waals surface area (Å²) in [4.78, 5) is 0. The second-order valence-electron chi connectivity index (χ2n) is 3.95. The SMILES string of the molecule is Cc1ccc(F)cc1C(O)c1cccn1C. The molecular formula is C13H14FNO. The van der Waals surface area contributed by atoms with Gasteiger partial charge in [-0.15, -0.1) is 0 Å². The lowest BCUT2D eigenvalue weighted by atomic mass is 10.0. The number of aliphatic hydroxyl groups is 1. The van der Waals surface area contributed by atoms with Gasteiger partial charge >= 0.3 is 0 Å². The van der Waals surface area contributed by atoms with E-state index in [1.54, 1.807) is 6.07 Å². The summed E-state index contributed by atoms with van der Waals surface area (Å²) >= 11 is 0. The molecule has 1 atom stereocenters. The maximum atomic E-state index is 13.1. The minimum Gasteiger partial charge on any atom is -0.382 e. The van der Waals surface area contributed by atoms with E-state index in [1.807, 2.05) is 36.9 Å². The third kappa shape index (κ3) is 1.86. The van der Waals surface area contributed by atoms with E-state index in [4.69, 9.17) is 0 Å². The zero-order valence-electron chi connectivity index (χ0n) is 9.31. The van der Waals surface area contributed by atoms with E-state index in [0.717, 1.165) is 11.3 Å². The molecule has 0 fully saturated rings. The second kappa shape index (κ2) is 4.10. The Morgan fingerprint density at radius 3 is 2.69 bits per heavy atom. The first-order valence-electron chi connectivity index (χ1n) is 5.15. The van der Waals surface area contributed by atoms with Gasteiger partial charge in [0.05, 0.1) is 5.69 Å². The molecule has 0 radical (unpaired) electrons. The lowest BCUT2D eigenvalue weighted by Crippen LogP contribution is -2.07. The number of aromatic nitrogens is 1. The topological polar surface area (TPSA) is 25.2 Å². The Kier molecular flexibility index (Phi) is 2.79. The molecule has 0 bridgehead atoms. The van der Waals surface area contributed by atoms with E-state index < -0.39 is 6.10 Å². The van der Waals surface area contributed by atoms with Crippen LogP contribution in [0, 0.1) is 12.7 Å². The monoisotopic (exact) mass is 219 g/mol. The third-order valence-corrected chi connectivity index (χ3v) is 2.80. The summed E-state index contributed by atoms with van der Waals surface area (Å²) < 4.78 is 15.0. The molecule has 1 unspecified atom stereocenters. The molecule has 0 saturated heterocycles. The molecule has 0 amide bonds. The van der Waals surface area contributed by atoms with Crippen molar-refractivity contribution in [2.24, 2.45) is 7.05 Å². The molecule has 84 valence electrons. The van der Waals surface area contributed by atoms with Gasteiger partial charge in [0, 0.05) is 13.2 Å². The van der Waals surface area contributed by atoms with Crippen LogP contribution in [0.5, 0.6) is 0 Å². The molecule has 1 heterocycles. The van der Waals surface area contributed by atoms with Crippen LogP contribution in [0.4, 0.5) is 4.39 Å². The average Bonchev–Trinajstić information content (AvgIpc) is 2.67. The summed E-state index contributed by atoms with van der Waals surface area (Å²) in [5.74, 6) is -0.325. The predicted octanol–water partition coefficient (Wildman–Crippen LogP) is 2.55. The Labute approximate surface area is 94.0 Å². The summed E-state index contributed by atoms with van der Waals surface area (Å²) in [6, 6.07) is 8.14. The zero-order valence-corrected chi connectivity index (χ0v) is 9.31. The van der Waals surface area contributed by atoms with Crippen LogP contribution in [0.3, 0.4) is 0 Å². The maximum Gasteiger partial charge on any atom is 0.123 e. The van der Waals surface area contributed by atoms with Gasteiger partial charge in [-0.1, -0.05) is 6.07 Å². The quantitative estimate of drug-likeness (QED) is 0.825. The molecule has 2 nitrogen and oxygen atoms in total.